The molecule has 31 heavy (non-hydrogen) atoms. The number of hydrogen-bond donors (Lipinski definition) is 2. The molecule has 0 aliphatic heterocycles. The zero-order chi connectivity index (χ0) is 23.4. The first-order valence-corrected chi connectivity index (χ1v) is 9.94. The summed E-state index contributed by atoms with van der Waals surface area (Å²) >= 11 is 0. The maximum atomic E-state index is 13.0. The maximum absolute atomic E-state index is 13.0. The molecule has 2 aromatic rings. The van der Waals surface area contributed by atoms with Gasteiger partial charge in [0.15, 0.2) is 0 Å². The zero-order valence-electron chi connectivity index (χ0n) is 15.6. The van der Waals surface area contributed by atoms with Gasteiger partial charge in [-0.05, 0) is 36.8 Å². The molecular weight excluding hydrogens is 450 g/mol. The summed E-state index contributed by atoms with van der Waals surface area (Å²) in [4.78, 5) is 24.4. The molecule has 0 aliphatic rings. The minimum Gasteiger partial charge on any atom is -0.368 e. The number of halogens is 6. The summed E-state index contributed by atoms with van der Waals surface area (Å²) in [5.74, 6) is -2.57. The van der Waals surface area contributed by atoms with Crippen molar-refractivity contribution in [1.82, 2.24) is 5.32 Å². The van der Waals surface area contributed by atoms with Crippen LogP contribution in [0.4, 0.5) is 26.3 Å². The average Bonchev–Trinajstić information content (AvgIpc) is 2.69. The molecule has 2 amide bonds. The third kappa shape index (κ3) is 6.81. The summed E-state index contributed by atoms with van der Waals surface area (Å²) in [7, 11) is -1.57. The Morgan fingerprint density at radius 3 is 1.90 bits per heavy atom. The van der Waals surface area contributed by atoms with E-state index < -0.39 is 57.7 Å². The Labute approximate surface area is 175 Å². The molecule has 0 spiro atoms. The Kier molecular flexibility index (Phi) is 7.47. The van der Waals surface area contributed by atoms with Gasteiger partial charge in [-0.25, -0.2) is 0 Å². The largest absolute Gasteiger partial charge is 0.416 e. The van der Waals surface area contributed by atoms with E-state index in [1.54, 1.807) is 30.3 Å². The molecule has 2 rings (SSSR count). The van der Waals surface area contributed by atoms with Gasteiger partial charge in [0.25, 0.3) is 5.91 Å². The van der Waals surface area contributed by atoms with E-state index in [4.69, 9.17) is 5.73 Å². The normalized spacial score (nSPS) is 14.0. The van der Waals surface area contributed by atoms with E-state index in [2.05, 4.69) is 0 Å². The fourth-order valence-electron chi connectivity index (χ4n) is 2.53. The lowest BCUT2D eigenvalue weighted by Gasteiger charge is -2.17. The predicted molar refractivity (Wildman–Crippen MR) is 99.2 cm³/mol. The summed E-state index contributed by atoms with van der Waals surface area (Å²) in [6.07, 6.45) is -10.5. The molecule has 5 nitrogen and oxygen atoms in total. The molecule has 0 fully saturated rings. The van der Waals surface area contributed by atoms with Gasteiger partial charge in [-0.15, -0.1) is 0 Å². The molecule has 12 heteroatoms. The second-order valence-electron chi connectivity index (χ2n) is 6.37. The van der Waals surface area contributed by atoms with Crippen molar-refractivity contribution in [3.05, 3.63) is 65.2 Å². The molecule has 0 aromatic heterocycles. The monoisotopic (exact) mass is 466 g/mol. The van der Waals surface area contributed by atoms with Gasteiger partial charge in [-0.2, -0.15) is 26.3 Å². The predicted octanol–water partition coefficient (Wildman–Crippen LogP) is 3.51. The third-order valence-corrected chi connectivity index (χ3v) is 5.50. The summed E-state index contributed by atoms with van der Waals surface area (Å²) in [6, 6.07) is 6.99. The summed E-state index contributed by atoms with van der Waals surface area (Å²) in [5, 5.41) is 2.01. The highest BCUT2D eigenvalue weighted by Gasteiger charge is 2.37. The third-order valence-electron chi connectivity index (χ3n) is 4.10. The first-order valence-electron chi connectivity index (χ1n) is 8.62. The number of rotatable bonds is 7. The second-order valence-corrected chi connectivity index (χ2v) is 7.95. The van der Waals surface area contributed by atoms with Crippen molar-refractivity contribution in [3.63, 3.8) is 0 Å². The molecule has 3 N–H and O–H groups in total. The van der Waals surface area contributed by atoms with E-state index in [1.165, 1.54) is 0 Å². The standard InChI is InChI=1S/C19H16F6N2O3S/c20-18(21,22)12-8-11(9-13(10-12)19(23,24)25)17(29)27-15(16(26)28)6-7-31(30)14-4-2-1-3-5-14/h1-5,8-10,15H,6-7H2,(H2,26,28)(H,27,29)/t15-,31-/m0/s1. The van der Waals surface area contributed by atoms with Gasteiger partial charge in [-0.3, -0.25) is 13.8 Å². The number of benzene rings is 2. The van der Waals surface area contributed by atoms with E-state index in [-0.39, 0.29) is 30.4 Å². The SMILES string of the molecule is NC(=O)[C@H](CC[S@](=O)c1ccccc1)NC(=O)c1cc(C(F)(F)F)cc(C(F)(F)F)c1. The number of hydrogen-bond acceptors (Lipinski definition) is 3. The van der Waals surface area contributed by atoms with Gasteiger partial charge >= 0.3 is 12.4 Å². The van der Waals surface area contributed by atoms with E-state index in [1.807, 2.05) is 5.32 Å². The van der Waals surface area contributed by atoms with Crippen LogP contribution in [-0.4, -0.2) is 27.8 Å². The molecule has 0 saturated carbocycles. The lowest BCUT2D eigenvalue weighted by molar-refractivity contribution is -0.143. The topological polar surface area (TPSA) is 89.3 Å². The molecule has 2 atom stereocenters. The number of carbonyl (C=O) groups is 2. The smallest absolute Gasteiger partial charge is 0.368 e. The number of nitrogens with one attached hydrogen (secondary N) is 1. The van der Waals surface area contributed by atoms with Crippen LogP contribution in [-0.2, 0) is 27.9 Å². The van der Waals surface area contributed by atoms with E-state index in [0.29, 0.717) is 4.90 Å². The van der Waals surface area contributed by atoms with Crippen LogP contribution in [0.1, 0.15) is 27.9 Å². The lowest BCUT2D eigenvalue weighted by atomic mass is 10.0. The van der Waals surface area contributed by atoms with Crippen LogP contribution in [0.5, 0.6) is 0 Å². The van der Waals surface area contributed by atoms with Gasteiger partial charge < -0.3 is 11.1 Å². The maximum Gasteiger partial charge on any atom is 0.416 e. The Morgan fingerprint density at radius 2 is 1.45 bits per heavy atom. The fraction of sp³-hybridized carbons (Fsp3) is 0.263. The molecule has 0 radical (unpaired) electrons. The number of primary amides is 1. The highest BCUT2D eigenvalue weighted by atomic mass is 32.2. The van der Waals surface area contributed by atoms with Crippen LogP contribution >= 0.6 is 0 Å². The van der Waals surface area contributed by atoms with E-state index >= 15 is 0 Å². The van der Waals surface area contributed by atoms with E-state index in [9.17, 15) is 40.1 Å². The van der Waals surface area contributed by atoms with Crippen LogP contribution in [0.2, 0.25) is 0 Å². The number of carbonyl (C=O) groups excluding carboxylic acids is 2. The highest BCUT2D eigenvalue weighted by molar-refractivity contribution is 7.85. The Morgan fingerprint density at radius 1 is 0.935 bits per heavy atom. The van der Waals surface area contributed by atoms with E-state index in [0.717, 1.165) is 0 Å². The molecule has 0 saturated heterocycles. The van der Waals surface area contributed by atoms with Crippen LogP contribution in [0.25, 0.3) is 0 Å². The van der Waals surface area contributed by atoms with Crippen molar-refractivity contribution in [3.8, 4) is 0 Å². The van der Waals surface area contributed by atoms with Crippen LogP contribution in [0.3, 0.4) is 0 Å². The minimum absolute atomic E-state index is 0.120. The van der Waals surface area contributed by atoms with Crippen LogP contribution in [0.15, 0.2) is 53.4 Å². The van der Waals surface area contributed by atoms with Crippen molar-refractivity contribution in [2.45, 2.75) is 29.7 Å². The summed E-state index contributed by atoms with van der Waals surface area (Å²) in [5.41, 5.74) is 0.881. The van der Waals surface area contributed by atoms with Crippen LogP contribution < -0.4 is 11.1 Å². The Bertz CT molecular complexity index is 945. The first kappa shape index (κ1) is 24.4. The molecule has 2 aromatic carbocycles. The fourth-order valence-corrected chi connectivity index (χ4v) is 3.67. The van der Waals surface area contributed by atoms with Gasteiger partial charge in [0.1, 0.15) is 6.04 Å². The Balaban J connectivity index is 2.22. The molecule has 0 unspecified atom stereocenters. The van der Waals surface area contributed by atoms with Gasteiger partial charge in [-0.1, -0.05) is 18.2 Å². The number of alkyl halides is 6. The molecule has 168 valence electrons. The van der Waals surface area contributed by atoms with Crippen molar-refractivity contribution in [2.24, 2.45) is 5.73 Å². The van der Waals surface area contributed by atoms with Crippen molar-refractivity contribution in [2.75, 3.05) is 5.75 Å². The molecule has 0 heterocycles. The lowest BCUT2D eigenvalue weighted by Crippen LogP contribution is -2.45. The van der Waals surface area contributed by atoms with Gasteiger partial charge in [0, 0.05) is 16.2 Å². The van der Waals surface area contributed by atoms with Crippen molar-refractivity contribution >= 4 is 22.6 Å². The minimum atomic E-state index is -5.13. The first-order chi connectivity index (χ1) is 14.3. The number of amides is 2. The van der Waals surface area contributed by atoms with Gasteiger partial charge in [0.05, 0.1) is 21.9 Å². The summed E-state index contributed by atoms with van der Waals surface area (Å²) in [6.45, 7) is 0. The van der Waals surface area contributed by atoms with Crippen molar-refractivity contribution in [1.29, 1.82) is 0 Å². The highest BCUT2D eigenvalue weighted by Crippen LogP contribution is 2.36. The molecular formula is C19H16F6N2O3S. The molecule has 0 bridgehead atoms. The molecule has 0 aliphatic carbocycles. The Hall–Kier alpha value is -2.89. The van der Waals surface area contributed by atoms with Gasteiger partial charge in [0.2, 0.25) is 5.91 Å². The second kappa shape index (κ2) is 9.50. The quantitative estimate of drug-likeness (QED) is 0.613. The van der Waals surface area contributed by atoms with Crippen LogP contribution in [0, 0.1) is 0 Å². The zero-order valence-corrected chi connectivity index (χ0v) is 16.4. The average molecular weight is 466 g/mol. The summed E-state index contributed by atoms with van der Waals surface area (Å²) < 4.78 is 90.0. The number of nitrogens with two attached hydrogens (primary N) is 1. The van der Waals surface area contributed by atoms with Crippen molar-refractivity contribution < 1.29 is 40.1 Å².